The van der Waals surface area contributed by atoms with Crippen molar-refractivity contribution in [2.45, 2.75) is 50.7 Å². The number of hydrogen-bond acceptors (Lipinski definition) is 3. The van der Waals surface area contributed by atoms with Crippen LogP contribution in [-0.2, 0) is 9.59 Å². The Kier molecular flexibility index (Phi) is 4.00. The first-order valence-corrected chi connectivity index (χ1v) is 7.98. The number of anilines is 1. The zero-order valence-corrected chi connectivity index (χ0v) is 13.2. The quantitative estimate of drug-likeness (QED) is 0.823. The van der Waals surface area contributed by atoms with E-state index in [0.717, 1.165) is 25.7 Å². The van der Waals surface area contributed by atoms with Crippen molar-refractivity contribution >= 4 is 29.1 Å². The van der Waals surface area contributed by atoms with Gasteiger partial charge < -0.3 is 15.4 Å². The first kappa shape index (κ1) is 15.2. The highest BCUT2D eigenvalue weighted by atomic mass is 35.5. The number of carbonyl (C=O) groups is 2. The maximum atomic E-state index is 12.6. The number of ether oxygens (including phenoxy) is 1. The second-order valence-corrected chi connectivity index (χ2v) is 6.47. The molecule has 2 amide bonds. The Morgan fingerprint density at radius 1 is 1.36 bits per heavy atom. The number of fused-ring (bicyclic) bond motifs is 1. The number of nitrogens with one attached hydrogen (secondary N) is 2. The van der Waals surface area contributed by atoms with Crippen molar-refractivity contribution < 1.29 is 14.3 Å². The summed E-state index contributed by atoms with van der Waals surface area (Å²) < 4.78 is 5.71. The Morgan fingerprint density at radius 2 is 2.09 bits per heavy atom. The van der Waals surface area contributed by atoms with E-state index in [1.165, 1.54) is 13.3 Å². The van der Waals surface area contributed by atoms with Gasteiger partial charge in [-0.15, -0.1) is 0 Å². The standard InChI is InChI=1S/C16H19ClN2O3/c1-16(14(20)18-11-5-3-2-4-6-11)15(21)19-12-9-10(17)7-8-13(12)22-16/h7-9,11H,2-6H2,1H3,(H,18,20)(H,19,21)/t16-/m0/s1. The Labute approximate surface area is 134 Å². The average molecular weight is 323 g/mol. The lowest BCUT2D eigenvalue weighted by Crippen LogP contribution is -2.60. The summed E-state index contributed by atoms with van der Waals surface area (Å²) in [5, 5.41) is 6.15. The van der Waals surface area contributed by atoms with Gasteiger partial charge in [-0.1, -0.05) is 30.9 Å². The Hall–Kier alpha value is -1.75. The molecular weight excluding hydrogens is 304 g/mol. The molecule has 118 valence electrons. The van der Waals surface area contributed by atoms with Crippen LogP contribution in [0.25, 0.3) is 0 Å². The predicted molar refractivity (Wildman–Crippen MR) is 84.1 cm³/mol. The van der Waals surface area contributed by atoms with E-state index in [9.17, 15) is 9.59 Å². The molecule has 5 nitrogen and oxygen atoms in total. The summed E-state index contributed by atoms with van der Waals surface area (Å²) in [6, 6.07) is 5.05. The first-order chi connectivity index (χ1) is 10.5. The second kappa shape index (κ2) is 5.80. The van der Waals surface area contributed by atoms with Gasteiger partial charge in [-0.05, 0) is 38.0 Å². The summed E-state index contributed by atoms with van der Waals surface area (Å²) >= 11 is 5.90. The van der Waals surface area contributed by atoms with E-state index in [0.29, 0.717) is 16.5 Å². The smallest absolute Gasteiger partial charge is 0.278 e. The summed E-state index contributed by atoms with van der Waals surface area (Å²) in [7, 11) is 0. The van der Waals surface area contributed by atoms with Crippen molar-refractivity contribution in [2.24, 2.45) is 0 Å². The topological polar surface area (TPSA) is 67.4 Å². The van der Waals surface area contributed by atoms with Gasteiger partial charge in [0.05, 0.1) is 5.69 Å². The minimum atomic E-state index is -1.56. The van der Waals surface area contributed by atoms with E-state index in [2.05, 4.69) is 10.6 Å². The van der Waals surface area contributed by atoms with Crippen molar-refractivity contribution in [3.05, 3.63) is 23.2 Å². The van der Waals surface area contributed by atoms with E-state index in [4.69, 9.17) is 16.3 Å². The Bertz CT molecular complexity index is 613. The van der Waals surface area contributed by atoms with Crippen LogP contribution in [0, 0.1) is 0 Å². The van der Waals surface area contributed by atoms with E-state index in [1.807, 2.05) is 0 Å². The van der Waals surface area contributed by atoms with Crippen LogP contribution in [0.3, 0.4) is 0 Å². The van der Waals surface area contributed by atoms with Crippen LogP contribution in [0.15, 0.2) is 18.2 Å². The molecule has 1 aliphatic carbocycles. The van der Waals surface area contributed by atoms with Gasteiger partial charge in [0, 0.05) is 11.1 Å². The maximum Gasteiger partial charge on any atom is 0.278 e. The molecule has 1 fully saturated rings. The first-order valence-electron chi connectivity index (χ1n) is 7.60. The fraction of sp³-hybridized carbons (Fsp3) is 0.500. The lowest BCUT2D eigenvalue weighted by atomic mass is 9.94. The second-order valence-electron chi connectivity index (χ2n) is 6.04. The molecule has 22 heavy (non-hydrogen) atoms. The molecule has 1 aromatic rings. The summed E-state index contributed by atoms with van der Waals surface area (Å²) in [4.78, 5) is 24.9. The summed E-state index contributed by atoms with van der Waals surface area (Å²) in [5.41, 5.74) is -1.07. The molecule has 1 heterocycles. The van der Waals surface area contributed by atoms with E-state index >= 15 is 0 Å². The molecule has 1 saturated carbocycles. The van der Waals surface area contributed by atoms with Crippen LogP contribution in [-0.4, -0.2) is 23.5 Å². The summed E-state index contributed by atoms with van der Waals surface area (Å²) in [5.74, 6) is -0.418. The third-order valence-corrected chi connectivity index (χ3v) is 4.55. The molecular formula is C16H19ClN2O3. The number of amides is 2. The molecule has 2 N–H and O–H groups in total. The van der Waals surface area contributed by atoms with Crippen molar-refractivity contribution in [2.75, 3.05) is 5.32 Å². The fourth-order valence-electron chi connectivity index (χ4n) is 2.92. The highest BCUT2D eigenvalue weighted by molar-refractivity contribution is 6.31. The SMILES string of the molecule is C[C@@]1(C(=O)NC2CCCCC2)Oc2ccc(Cl)cc2NC1=O. The highest BCUT2D eigenvalue weighted by Gasteiger charge is 2.47. The zero-order chi connectivity index (χ0) is 15.7. The number of rotatable bonds is 2. The predicted octanol–water partition coefficient (Wildman–Crippen LogP) is 2.88. The lowest BCUT2D eigenvalue weighted by molar-refractivity contribution is -0.147. The molecule has 0 radical (unpaired) electrons. The number of carbonyl (C=O) groups excluding carboxylic acids is 2. The molecule has 0 saturated heterocycles. The molecule has 3 rings (SSSR count). The van der Waals surface area contributed by atoms with Gasteiger partial charge in [-0.2, -0.15) is 0 Å². The monoisotopic (exact) mass is 322 g/mol. The van der Waals surface area contributed by atoms with Crippen LogP contribution in [0.5, 0.6) is 5.75 Å². The van der Waals surface area contributed by atoms with Gasteiger partial charge in [0.25, 0.3) is 17.4 Å². The van der Waals surface area contributed by atoms with E-state index < -0.39 is 17.4 Å². The van der Waals surface area contributed by atoms with Crippen molar-refractivity contribution in [1.82, 2.24) is 5.32 Å². The molecule has 0 aromatic heterocycles. The average Bonchev–Trinajstić information content (AvgIpc) is 2.50. The van der Waals surface area contributed by atoms with Gasteiger partial charge in [0.1, 0.15) is 5.75 Å². The molecule has 6 heteroatoms. The molecule has 0 spiro atoms. The largest absolute Gasteiger partial charge is 0.466 e. The third-order valence-electron chi connectivity index (χ3n) is 4.31. The highest BCUT2D eigenvalue weighted by Crippen LogP contribution is 2.35. The molecule has 0 unspecified atom stereocenters. The van der Waals surface area contributed by atoms with E-state index in [1.54, 1.807) is 18.2 Å². The van der Waals surface area contributed by atoms with Crippen molar-refractivity contribution in [3.63, 3.8) is 0 Å². The van der Waals surface area contributed by atoms with Crippen molar-refractivity contribution in [1.29, 1.82) is 0 Å². The lowest BCUT2D eigenvalue weighted by Gasteiger charge is -2.35. The molecule has 1 aliphatic heterocycles. The minimum absolute atomic E-state index is 0.126. The van der Waals surface area contributed by atoms with Crippen LogP contribution in [0.4, 0.5) is 5.69 Å². The normalized spacial score (nSPS) is 24.9. The van der Waals surface area contributed by atoms with Gasteiger partial charge in [0.2, 0.25) is 0 Å². The van der Waals surface area contributed by atoms with Crippen LogP contribution in [0.2, 0.25) is 5.02 Å². The summed E-state index contributed by atoms with van der Waals surface area (Å²) in [6.45, 7) is 1.50. The Morgan fingerprint density at radius 3 is 2.82 bits per heavy atom. The maximum absolute atomic E-state index is 12.6. The van der Waals surface area contributed by atoms with Crippen LogP contribution < -0.4 is 15.4 Å². The number of benzene rings is 1. The summed E-state index contributed by atoms with van der Waals surface area (Å²) in [6.07, 6.45) is 5.33. The molecule has 0 bridgehead atoms. The van der Waals surface area contributed by atoms with Crippen molar-refractivity contribution in [3.8, 4) is 5.75 Å². The zero-order valence-electron chi connectivity index (χ0n) is 12.4. The van der Waals surface area contributed by atoms with Crippen LogP contribution >= 0.6 is 11.6 Å². The minimum Gasteiger partial charge on any atom is -0.466 e. The van der Waals surface area contributed by atoms with Gasteiger partial charge in [-0.3, -0.25) is 9.59 Å². The van der Waals surface area contributed by atoms with Gasteiger partial charge >= 0.3 is 0 Å². The molecule has 1 aromatic carbocycles. The van der Waals surface area contributed by atoms with Gasteiger partial charge in [0.15, 0.2) is 0 Å². The van der Waals surface area contributed by atoms with Crippen LogP contribution in [0.1, 0.15) is 39.0 Å². The van der Waals surface area contributed by atoms with E-state index in [-0.39, 0.29) is 6.04 Å². The molecule has 2 aliphatic rings. The van der Waals surface area contributed by atoms with Gasteiger partial charge in [-0.25, -0.2) is 0 Å². The molecule has 1 atom stereocenters. The number of hydrogen-bond donors (Lipinski definition) is 2. The fourth-order valence-corrected chi connectivity index (χ4v) is 3.09. The third kappa shape index (κ3) is 2.77. The Balaban J connectivity index is 1.78. The number of halogens is 1.